The van der Waals surface area contributed by atoms with Crippen molar-refractivity contribution in [3.05, 3.63) is 52.9 Å². The van der Waals surface area contributed by atoms with Crippen LogP contribution in [0.15, 0.2) is 41.7 Å². The van der Waals surface area contributed by atoms with Crippen LogP contribution in [0.3, 0.4) is 0 Å². The van der Waals surface area contributed by atoms with Gasteiger partial charge in [0.25, 0.3) is 0 Å². The Kier molecular flexibility index (Phi) is 4.20. The number of hydrogen-bond donors (Lipinski definition) is 0. The number of aryl methyl sites for hydroxylation is 1. The first-order chi connectivity index (χ1) is 13.7. The average Bonchev–Trinajstić information content (AvgIpc) is 3.23. The van der Waals surface area contributed by atoms with E-state index in [0.717, 1.165) is 65.8 Å². The van der Waals surface area contributed by atoms with Crippen molar-refractivity contribution < 1.29 is 14.3 Å². The molecule has 3 aliphatic rings. The number of fused-ring (bicyclic) bond motifs is 7. The van der Waals surface area contributed by atoms with Gasteiger partial charge in [-0.05, 0) is 30.6 Å². The number of carbonyl (C=O) groups excluding carboxylic acids is 1. The van der Waals surface area contributed by atoms with Crippen molar-refractivity contribution in [1.29, 1.82) is 0 Å². The largest absolute Gasteiger partial charge is 0.497 e. The molecule has 0 radical (unpaired) electrons. The van der Waals surface area contributed by atoms with Gasteiger partial charge in [-0.3, -0.25) is 4.79 Å². The molecular formula is C24H27NO3. The first-order valence-corrected chi connectivity index (χ1v) is 10.4. The predicted molar refractivity (Wildman–Crippen MR) is 110 cm³/mol. The number of carbonyl (C=O) groups is 1. The van der Waals surface area contributed by atoms with E-state index in [9.17, 15) is 4.79 Å². The average molecular weight is 377 g/mol. The van der Waals surface area contributed by atoms with Gasteiger partial charge in [0, 0.05) is 42.0 Å². The lowest BCUT2D eigenvalue weighted by Gasteiger charge is -2.39. The maximum Gasteiger partial charge on any atom is 0.172 e. The second-order valence-corrected chi connectivity index (χ2v) is 8.16. The fraction of sp³-hybridized carbons (Fsp3) is 0.458. The Labute approximate surface area is 165 Å². The Morgan fingerprint density at radius 1 is 1.25 bits per heavy atom. The molecule has 1 aliphatic heterocycles. The molecule has 0 spiro atoms. The predicted octanol–water partition coefficient (Wildman–Crippen LogP) is 4.88. The second kappa shape index (κ2) is 6.63. The van der Waals surface area contributed by atoms with Crippen LogP contribution in [0, 0.1) is 11.8 Å². The van der Waals surface area contributed by atoms with Gasteiger partial charge in [0.2, 0.25) is 0 Å². The number of para-hydroxylation sites is 1. The summed E-state index contributed by atoms with van der Waals surface area (Å²) in [6.07, 6.45) is 6.13. The van der Waals surface area contributed by atoms with Crippen LogP contribution in [0.4, 0.5) is 0 Å². The molecule has 1 fully saturated rings. The van der Waals surface area contributed by atoms with Crippen molar-refractivity contribution in [3.8, 4) is 0 Å². The number of allylic oxidation sites excluding steroid dienone is 1. The summed E-state index contributed by atoms with van der Waals surface area (Å²) in [5.74, 6) is 1.26. The summed E-state index contributed by atoms with van der Waals surface area (Å²) in [6, 6.07) is 8.28. The Balaban J connectivity index is 1.82. The number of ketones is 1. The maximum atomic E-state index is 13.8. The van der Waals surface area contributed by atoms with Gasteiger partial charge in [-0.1, -0.05) is 38.0 Å². The van der Waals surface area contributed by atoms with Crippen molar-refractivity contribution >= 4 is 22.3 Å². The fourth-order valence-corrected chi connectivity index (χ4v) is 5.31. The van der Waals surface area contributed by atoms with E-state index in [1.807, 2.05) is 12.1 Å². The number of methoxy groups -OCH3 is 1. The third kappa shape index (κ3) is 2.30. The quantitative estimate of drug-likeness (QED) is 0.762. The van der Waals surface area contributed by atoms with Crippen LogP contribution in [0.25, 0.3) is 16.5 Å². The molecule has 1 saturated heterocycles. The molecule has 5 rings (SSSR count). The van der Waals surface area contributed by atoms with Crippen LogP contribution in [-0.2, 0) is 16.5 Å². The summed E-state index contributed by atoms with van der Waals surface area (Å²) in [5.41, 5.74) is 5.50. The van der Waals surface area contributed by atoms with Crippen LogP contribution < -0.4 is 0 Å². The highest BCUT2D eigenvalue weighted by Gasteiger charge is 2.50. The number of Topliss-reactive ketones (excluding diaryl/α,β-unsaturated/α-hetero) is 1. The van der Waals surface area contributed by atoms with Gasteiger partial charge >= 0.3 is 0 Å². The van der Waals surface area contributed by atoms with Crippen molar-refractivity contribution in [2.75, 3.05) is 13.7 Å². The van der Waals surface area contributed by atoms with Crippen LogP contribution in [0.1, 0.15) is 48.7 Å². The third-order valence-electron chi connectivity index (χ3n) is 6.69. The van der Waals surface area contributed by atoms with Crippen molar-refractivity contribution in [2.45, 2.75) is 38.7 Å². The van der Waals surface area contributed by atoms with Gasteiger partial charge < -0.3 is 14.0 Å². The molecule has 0 bridgehead atoms. The Morgan fingerprint density at radius 3 is 2.86 bits per heavy atom. The summed E-state index contributed by atoms with van der Waals surface area (Å²) < 4.78 is 14.1. The molecule has 2 heterocycles. The van der Waals surface area contributed by atoms with Gasteiger partial charge in [-0.25, -0.2) is 0 Å². The molecule has 0 unspecified atom stereocenters. The molecule has 1 aromatic heterocycles. The minimum absolute atomic E-state index is 0.104. The summed E-state index contributed by atoms with van der Waals surface area (Å²) >= 11 is 0. The SMILES string of the molecule is CCCC[C@H]1/C=C(/OC)C2=C(c3c(c4ccccc4n3C)C1=O)[C@H]1CCO[C@@H]21. The maximum absolute atomic E-state index is 13.8. The molecule has 28 heavy (non-hydrogen) atoms. The third-order valence-corrected chi connectivity index (χ3v) is 6.69. The number of rotatable bonds is 4. The van der Waals surface area contributed by atoms with E-state index < -0.39 is 0 Å². The highest BCUT2D eigenvalue weighted by molar-refractivity contribution is 6.14. The Morgan fingerprint density at radius 2 is 2.07 bits per heavy atom. The minimum Gasteiger partial charge on any atom is -0.497 e. The summed E-state index contributed by atoms with van der Waals surface area (Å²) in [5, 5.41) is 1.06. The highest BCUT2D eigenvalue weighted by Crippen LogP contribution is 2.54. The molecule has 4 nitrogen and oxygen atoms in total. The molecule has 0 saturated carbocycles. The lowest BCUT2D eigenvalue weighted by Crippen LogP contribution is -2.36. The van der Waals surface area contributed by atoms with Crippen molar-refractivity contribution in [3.63, 3.8) is 0 Å². The van der Waals surface area contributed by atoms with Gasteiger partial charge in [0.1, 0.15) is 5.76 Å². The Hall–Kier alpha value is -2.33. The monoisotopic (exact) mass is 377 g/mol. The number of aromatic nitrogens is 1. The normalized spacial score (nSPS) is 28.0. The number of unbranched alkanes of at least 4 members (excludes halogenated alkanes) is 1. The molecule has 4 heteroatoms. The van der Waals surface area contributed by atoms with E-state index in [1.54, 1.807) is 7.11 Å². The first-order valence-electron chi connectivity index (χ1n) is 10.4. The molecule has 3 atom stereocenters. The van der Waals surface area contributed by atoms with E-state index in [4.69, 9.17) is 9.47 Å². The zero-order valence-electron chi connectivity index (χ0n) is 16.8. The standard InChI is InChI=1S/C24H27NO3/c1-4-5-8-14-13-18(27-3)21-19(16-11-12-28-24(16)21)22-20(23(14)26)15-9-6-7-10-17(15)25(22)2/h6-7,9-10,13-14,16,24H,4-5,8,11-12H2,1-3H3/b18-13+/t14-,16+,24+/m0/s1. The number of ether oxygens (including phenoxy) is 2. The lowest BCUT2D eigenvalue weighted by atomic mass is 9.69. The zero-order chi connectivity index (χ0) is 19.4. The number of nitrogens with zero attached hydrogens (tertiary/aromatic N) is 1. The Bertz CT molecular complexity index is 1030. The number of hydrogen-bond acceptors (Lipinski definition) is 3. The van der Waals surface area contributed by atoms with Crippen LogP contribution in [0.5, 0.6) is 0 Å². The van der Waals surface area contributed by atoms with Gasteiger partial charge in [0.05, 0.1) is 24.5 Å². The second-order valence-electron chi connectivity index (χ2n) is 8.16. The smallest absolute Gasteiger partial charge is 0.172 e. The fourth-order valence-electron chi connectivity index (χ4n) is 5.31. The summed E-state index contributed by atoms with van der Waals surface area (Å²) in [7, 11) is 3.80. The minimum atomic E-state index is -0.158. The van der Waals surface area contributed by atoms with E-state index in [2.05, 4.69) is 36.7 Å². The molecule has 2 aliphatic carbocycles. The molecule has 1 aromatic carbocycles. The van der Waals surface area contributed by atoms with Crippen molar-refractivity contribution in [2.24, 2.45) is 18.9 Å². The molecule has 0 amide bonds. The zero-order valence-corrected chi connectivity index (χ0v) is 16.8. The lowest BCUT2D eigenvalue weighted by molar-refractivity contribution is 0.0926. The molecule has 2 aromatic rings. The molecule has 0 N–H and O–H groups in total. The summed E-state index contributed by atoms with van der Waals surface area (Å²) in [6.45, 7) is 2.94. The van der Waals surface area contributed by atoms with E-state index in [-0.39, 0.29) is 17.8 Å². The van der Waals surface area contributed by atoms with Crippen LogP contribution in [0.2, 0.25) is 0 Å². The van der Waals surface area contributed by atoms with E-state index in [1.165, 1.54) is 5.57 Å². The van der Waals surface area contributed by atoms with Crippen LogP contribution >= 0.6 is 0 Å². The highest BCUT2D eigenvalue weighted by atomic mass is 16.5. The van der Waals surface area contributed by atoms with Gasteiger partial charge in [0.15, 0.2) is 5.78 Å². The topological polar surface area (TPSA) is 40.5 Å². The van der Waals surface area contributed by atoms with Crippen molar-refractivity contribution in [1.82, 2.24) is 4.57 Å². The first kappa shape index (κ1) is 17.7. The molecule has 146 valence electrons. The van der Waals surface area contributed by atoms with Gasteiger partial charge in [-0.15, -0.1) is 0 Å². The summed E-state index contributed by atoms with van der Waals surface area (Å²) in [4.78, 5) is 13.8. The van der Waals surface area contributed by atoms with E-state index >= 15 is 0 Å². The van der Waals surface area contributed by atoms with Gasteiger partial charge in [-0.2, -0.15) is 0 Å². The van der Waals surface area contributed by atoms with E-state index in [0.29, 0.717) is 5.92 Å². The number of benzene rings is 1. The molecular weight excluding hydrogens is 350 g/mol. The van der Waals surface area contributed by atoms with Crippen LogP contribution in [-0.4, -0.2) is 30.2 Å².